The Morgan fingerprint density at radius 2 is 1.88 bits per heavy atom. The Bertz CT molecular complexity index is 1530. The quantitative estimate of drug-likeness (QED) is 0.420. The molecule has 0 fully saturated rings. The molecule has 4 heterocycles. The average molecular weight is 619 g/mol. The molecular formula is C26H25ClF6N6O3. The van der Waals surface area contributed by atoms with Gasteiger partial charge in [0.2, 0.25) is 0 Å². The van der Waals surface area contributed by atoms with Crippen molar-refractivity contribution in [3.8, 4) is 0 Å². The highest BCUT2D eigenvalue weighted by Crippen LogP contribution is 2.37. The Hall–Kier alpha value is -3.59. The number of aliphatic hydroxyl groups excluding tert-OH is 1. The zero-order chi connectivity index (χ0) is 30.7. The van der Waals surface area contributed by atoms with Gasteiger partial charge >= 0.3 is 12.4 Å². The first-order valence-corrected chi connectivity index (χ1v) is 13.3. The second-order valence-corrected chi connectivity index (χ2v) is 10.8. The normalized spacial score (nSPS) is 20.0. The highest BCUT2D eigenvalue weighted by molar-refractivity contribution is 6.31. The summed E-state index contributed by atoms with van der Waals surface area (Å²) >= 11 is 5.71. The van der Waals surface area contributed by atoms with E-state index in [0.717, 1.165) is 16.9 Å². The second kappa shape index (κ2) is 10.6. The van der Waals surface area contributed by atoms with E-state index in [-0.39, 0.29) is 36.5 Å². The van der Waals surface area contributed by atoms with Crippen molar-refractivity contribution < 1.29 is 41.0 Å². The molecule has 2 aromatic heterocycles. The highest BCUT2D eigenvalue weighted by atomic mass is 35.5. The predicted octanol–water partition coefficient (Wildman–Crippen LogP) is 4.65. The van der Waals surface area contributed by atoms with Crippen molar-refractivity contribution in [3.05, 3.63) is 69.3 Å². The summed E-state index contributed by atoms with van der Waals surface area (Å²) < 4.78 is 80.9. The Morgan fingerprint density at radius 3 is 2.52 bits per heavy atom. The lowest BCUT2D eigenvalue weighted by molar-refractivity contribution is -0.142. The number of amides is 2. The molecule has 5 rings (SSSR count). The molecule has 9 nitrogen and oxygen atoms in total. The first-order valence-electron chi connectivity index (χ1n) is 12.9. The first-order chi connectivity index (χ1) is 19.6. The van der Waals surface area contributed by atoms with Gasteiger partial charge in [0, 0.05) is 36.3 Å². The number of benzene rings is 1. The van der Waals surface area contributed by atoms with Gasteiger partial charge in [-0.15, -0.1) is 0 Å². The van der Waals surface area contributed by atoms with E-state index < -0.39 is 66.0 Å². The summed E-state index contributed by atoms with van der Waals surface area (Å²) in [6, 6.07) is 2.33. The number of alkyl halides is 6. The number of aromatic nitrogens is 4. The monoisotopic (exact) mass is 618 g/mol. The number of hydrogen-bond donors (Lipinski definition) is 1. The second-order valence-electron chi connectivity index (χ2n) is 10.4. The maximum absolute atomic E-state index is 13.8. The van der Waals surface area contributed by atoms with Crippen LogP contribution in [0.1, 0.15) is 69.3 Å². The van der Waals surface area contributed by atoms with E-state index in [1.807, 2.05) is 0 Å². The van der Waals surface area contributed by atoms with Crippen LogP contribution >= 0.6 is 11.6 Å². The number of fused-ring (bicyclic) bond motifs is 3. The van der Waals surface area contributed by atoms with Crippen LogP contribution in [0.2, 0.25) is 5.02 Å². The van der Waals surface area contributed by atoms with Gasteiger partial charge in [-0.3, -0.25) is 19.0 Å². The Balaban J connectivity index is 1.46. The third-order valence-electron chi connectivity index (χ3n) is 7.55. The molecule has 3 aromatic rings. The number of hydrogen-bond acceptors (Lipinski definition) is 5. The van der Waals surface area contributed by atoms with E-state index in [1.54, 1.807) is 13.8 Å². The molecule has 1 aromatic carbocycles. The zero-order valence-corrected chi connectivity index (χ0v) is 23.0. The van der Waals surface area contributed by atoms with Gasteiger partial charge in [0.25, 0.3) is 11.8 Å². The lowest BCUT2D eigenvalue weighted by Gasteiger charge is -2.37. The predicted molar refractivity (Wildman–Crippen MR) is 136 cm³/mol. The van der Waals surface area contributed by atoms with Crippen LogP contribution in [0, 0.1) is 0 Å². The first kappa shape index (κ1) is 29.9. The van der Waals surface area contributed by atoms with Crippen molar-refractivity contribution in [2.75, 3.05) is 13.2 Å². The van der Waals surface area contributed by atoms with E-state index in [1.165, 1.54) is 26.6 Å². The number of carbonyl (C=O) groups is 2. The van der Waals surface area contributed by atoms with E-state index in [0.29, 0.717) is 17.3 Å². The Kier molecular flexibility index (Phi) is 7.54. The van der Waals surface area contributed by atoms with Crippen LogP contribution in [0.5, 0.6) is 0 Å². The van der Waals surface area contributed by atoms with E-state index in [4.69, 9.17) is 11.6 Å². The number of nitrogens with zero attached hydrogens (tertiary/aromatic N) is 6. The van der Waals surface area contributed by atoms with Gasteiger partial charge in [-0.05, 0) is 38.1 Å². The average Bonchev–Trinajstić information content (AvgIpc) is 3.51. The van der Waals surface area contributed by atoms with Crippen LogP contribution in [-0.2, 0) is 25.7 Å². The van der Waals surface area contributed by atoms with Crippen LogP contribution in [0.15, 0.2) is 30.5 Å². The van der Waals surface area contributed by atoms with Crippen LogP contribution in [0.4, 0.5) is 26.3 Å². The standard InChI is InChI=1S/C26H25ClF6N6O3/c1-13-7-21-17(10-37(13)23(41)15-3-4-19(27)18(8-15)26(31,32)33)22-24(42)38(9-16(11-40)39(22)35-21)14(2)20-5-6-36(34-20)12-25(28,29)30/h3-6,8,13-14,16,40H,7,9-12H2,1-2H3/t13-,14?,16+/m1/s1. The van der Waals surface area contributed by atoms with E-state index in [2.05, 4.69) is 10.2 Å². The largest absolute Gasteiger partial charge is 0.417 e. The lowest BCUT2D eigenvalue weighted by atomic mass is 9.96. The van der Waals surface area contributed by atoms with Gasteiger partial charge in [-0.2, -0.15) is 36.5 Å². The number of halogens is 7. The van der Waals surface area contributed by atoms with Crippen molar-refractivity contribution in [1.29, 1.82) is 0 Å². The van der Waals surface area contributed by atoms with Gasteiger partial charge in [0.05, 0.1) is 47.2 Å². The molecule has 0 radical (unpaired) electrons. The topological polar surface area (TPSA) is 96.5 Å². The molecule has 42 heavy (non-hydrogen) atoms. The molecule has 16 heteroatoms. The summed E-state index contributed by atoms with van der Waals surface area (Å²) in [5.74, 6) is -1.23. The van der Waals surface area contributed by atoms with Gasteiger partial charge in [0.15, 0.2) is 0 Å². The van der Waals surface area contributed by atoms with E-state index in [9.17, 15) is 41.0 Å². The number of carbonyl (C=O) groups excluding carboxylic acids is 2. The van der Waals surface area contributed by atoms with Crippen LogP contribution < -0.4 is 0 Å². The van der Waals surface area contributed by atoms with Crippen LogP contribution in [-0.4, -0.2) is 71.7 Å². The molecule has 0 aliphatic carbocycles. The van der Waals surface area contributed by atoms with Crippen molar-refractivity contribution in [3.63, 3.8) is 0 Å². The van der Waals surface area contributed by atoms with Gasteiger partial charge < -0.3 is 14.9 Å². The minimum atomic E-state index is -4.77. The van der Waals surface area contributed by atoms with Gasteiger partial charge in [-0.1, -0.05) is 11.6 Å². The molecule has 0 saturated heterocycles. The third-order valence-corrected chi connectivity index (χ3v) is 7.88. The van der Waals surface area contributed by atoms with Crippen molar-refractivity contribution in [1.82, 2.24) is 29.4 Å². The fourth-order valence-corrected chi connectivity index (χ4v) is 5.62. The summed E-state index contributed by atoms with van der Waals surface area (Å²) in [6.45, 7) is 1.46. The van der Waals surface area contributed by atoms with E-state index >= 15 is 0 Å². The fourth-order valence-electron chi connectivity index (χ4n) is 5.39. The number of rotatable bonds is 5. The molecule has 1 N–H and O–H groups in total. The molecule has 2 aliphatic heterocycles. The molecular weight excluding hydrogens is 594 g/mol. The van der Waals surface area contributed by atoms with Crippen molar-refractivity contribution in [2.45, 2.75) is 63.8 Å². The highest BCUT2D eigenvalue weighted by Gasteiger charge is 2.42. The minimum absolute atomic E-state index is 0.000612. The molecule has 2 amide bonds. The summed E-state index contributed by atoms with van der Waals surface area (Å²) in [4.78, 5) is 29.9. The Labute approximate surface area is 240 Å². The van der Waals surface area contributed by atoms with Crippen LogP contribution in [0.3, 0.4) is 0 Å². The molecule has 0 spiro atoms. The van der Waals surface area contributed by atoms with Crippen molar-refractivity contribution in [2.24, 2.45) is 0 Å². The van der Waals surface area contributed by atoms with Crippen molar-refractivity contribution >= 4 is 23.4 Å². The minimum Gasteiger partial charge on any atom is -0.394 e. The lowest BCUT2D eigenvalue weighted by Crippen LogP contribution is -2.47. The summed E-state index contributed by atoms with van der Waals surface area (Å²) in [7, 11) is 0. The smallest absolute Gasteiger partial charge is 0.394 e. The molecule has 1 unspecified atom stereocenters. The molecule has 0 saturated carbocycles. The molecule has 226 valence electrons. The zero-order valence-electron chi connectivity index (χ0n) is 22.2. The SMILES string of the molecule is CC(c1ccn(CC(F)(F)F)n1)N1C[C@@H](CO)n2nc3c(c2C1=O)CN(C(=O)c1ccc(Cl)c(C(F)(F)F)c1)[C@H](C)C3. The maximum atomic E-state index is 13.8. The summed E-state index contributed by atoms with van der Waals surface area (Å²) in [5.41, 5.74) is -0.189. The molecule has 3 atom stereocenters. The molecule has 2 aliphatic rings. The Morgan fingerprint density at radius 1 is 1.17 bits per heavy atom. The fraction of sp³-hybridized carbons (Fsp3) is 0.462. The maximum Gasteiger partial charge on any atom is 0.417 e. The van der Waals surface area contributed by atoms with Crippen LogP contribution in [0.25, 0.3) is 0 Å². The van der Waals surface area contributed by atoms with Gasteiger partial charge in [0.1, 0.15) is 12.2 Å². The molecule has 0 bridgehead atoms. The summed E-state index contributed by atoms with van der Waals surface area (Å²) in [5, 5.41) is 18.1. The summed E-state index contributed by atoms with van der Waals surface area (Å²) in [6.07, 6.45) is -7.89. The third kappa shape index (κ3) is 5.46. The number of aliphatic hydroxyl groups is 1. The van der Waals surface area contributed by atoms with Gasteiger partial charge in [-0.25, -0.2) is 0 Å².